The molecule has 1 atom stereocenters. The van der Waals surface area contributed by atoms with Crippen molar-refractivity contribution in [3.8, 4) is 17.2 Å². The van der Waals surface area contributed by atoms with Gasteiger partial charge in [0.2, 0.25) is 5.75 Å². The molecule has 0 bridgehead atoms. The third-order valence-corrected chi connectivity index (χ3v) is 4.29. The fourth-order valence-electron chi connectivity index (χ4n) is 2.54. The van der Waals surface area contributed by atoms with Crippen LogP contribution >= 0.6 is 11.6 Å². The lowest BCUT2D eigenvalue weighted by atomic mass is 10.1. The maximum atomic E-state index is 9.99. The topological polar surface area (TPSA) is 75.1 Å². The van der Waals surface area contributed by atoms with E-state index in [-0.39, 0.29) is 11.8 Å². The summed E-state index contributed by atoms with van der Waals surface area (Å²) in [5, 5.41) is 17.2. The molecule has 1 unspecified atom stereocenters. The fourth-order valence-corrected chi connectivity index (χ4v) is 2.84. The third kappa shape index (κ3) is 4.73. The molecule has 0 aliphatic carbocycles. The highest BCUT2D eigenvalue weighted by atomic mass is 35.5. The molecule has 7 heteroatoms. The number of hydrogen-bond acceptors (Lipinski definition) is 4. The SMILES string of the molecule is CN=C(NCc1cc(OC)c(O)c(OC)c1)NC(C)c1ccccc1Cl. The van der Waals surface area contributed by atoms with Crippen LogP contribution in [0.15, 0.2) is 41.4 Å². The van der Waals surface area contributed by atoms with Crippen LogP contribution in [0, 0.1) is 0 Å². The van der Waals surface area contributed by atoms with E-state index >= 15 is 0 Å². The van der Waals surface area contributed by atoms with Gasteiger partial charge in [-0.05, 0) is 36.2 Å². The molecule has 140 valence electrons. The Balaban J connectivity index is 2.06. The number of guanidine groups is 1. The highest BCUT2D eigenvalue weighted by Gasteiger charge is 2.13. The largest absolute Gasteiger partial charge is 0.502 e. The summed E-state index contributed by atoms with van der Waals surface area (Å²) in [6.45, 7) is 2.49. The van der Waals surface area contributed by atoms with Gasteiger partial charge < -0.3 is 25.2 Å². The standard InChI is InChI=1S/C19H24ClN3O3/c1-12(14-7-5-6-8-15(14)20)23-19(21-2)22-11-13-9-16(25-3)18(24)17(10-13)26-4/h5-10,12,24H,11H2,1-4H3,(H2,21,22,23). The van der Waals surface area contributed by atoms with E-state index in [1.54, 1.807) is 19.2 Å². The average Bonchev–Trinajstić information content (AvgIpc) is 2.65. The molecule has 0 aliphatic rings. The molecular formula is C19H24ClN3O3. The molecule has 0 fully saturated rings. The van der Waals surface area contributed by atoms with Gasteiger partial charge in [-0.2, -0.15) is 0 Å². The van der Waals surface area contributed by atoms with E-state index < -0.39 is 0 Å². The summed E-state index contributed by atoms with van der Waals surface area (Å²) in [7, 11) is 4.70. The summed E-state index contributed by atoms with van der Waals surface area (Å²) in [6.07, 6.45) is 0. The first-order valence-corrected chi connectivity index (χ1v) is 8.53. The number of methoxy groups -OCH3 is 2. The lowest BCUT2D eigenvalue weighted by molar-refractivity contribution is 0.339. The number of aliphatic imine (C=N–C) groups is 1. The zero-order valence-corrected chi connectivity index (χ0v) is 16.1. The van der Waals surface area contributed by atoms with E-state index in [9.17, 15) is 5.11 Å². The number of aromatic hydroxyl groups is 1. The Hall–Kier alpha value is -2.60. The van der Waals surface area contributed by atoms with Crippen LogP contribution in [0.2, 0.25) is 5.02 Å². The molecule has 0 aromatic heterocycles. The van der Waals surface area contributed by atoms with Crippen LogP contribution in [0.5, 0.6) is 17.2 Å². The van der Waals surface area contributed by atoms with Gasteiger partial charge in [-0.1, -0.05) is 29.8 Å². The number of benzene rings is 2. The maximum absolute atomic E-state index is 9.99. The van der Waals surface area contributed by atoms with Crippen molar-refractivity contribution in [2.45, 2.75) is 19.5 Å². The van der Waals surface area contributed by atoms with E-state index in [0.717, 1.165) is 11.1 Å². The zero-order chi connectivity index (χ0) is 19.1. The summed E-state index contributed by atoms with van der Waals surface area (Å²) in [5.74, 6) is 1.32. The quantitative estimate of drug-likeness (QED) is 0.530. The lowest BCUT2D eigenvalue weighted by Crippen LogP contribution is -2.38. The van der Waals surface area contributed by atoms with Gasteiger partial charge in [0.1, 0.15) is 0 Å². The number of phenolic OH excluding ortho intramolecular Hbond substituents is 1. The minimum atomic E-state index is -0.0198. The van der Waals surface area contributed by atoms with Crippen molar-refractivity contribution in [1.82, 2.24) is 10.6 Å². The van der Waals surface area contributed by atoms with Crippen LogP contribution < -0.4 is 20.1 Å². The molecule has 2 aromatic carbocycles. The molecule has 3 N–H and O–H groups in total. The Labute approximate surface area is 158 Å². The first-order valence-electron chi connectivity index (χ1n) is 8.15. The Kier molecular flexibility index (Phi) is 6.97. The van der Waals surface area contributed by atoms with Gasteiger partial charge >= 0.3 is 0 Å². The number of nitrogens with one attached hydrogen (secondary N) is 2. The Morgan fingerprint density at radius 2 is 1.81 bits per heavy atom. The van der Waals surface area contributed by atoms with Crippen LogP contribution in [0.25, 0.3) is 0 Å². The second-order valence-corrected chi connectivity index (χ2v) is 6.07. The van der Waals surface area contributed by atoms with Crippen LogP contribution in [-0.2, 0) is 6.54 Å². The van der Waals surface area contributed by atoms with Crippen molar-refractivity contribution < 1.29 is 14.6 Å². The van der Waals surface area contributed by atoms with E-state index in [2.05, 4.69) is 15.6 Å². The monoisotopic (exact) mass is 377 g/mol. The molecule has 0 heterocycles. The second-order valence-electron chi connectivity index (χ2n) is 5.66. The van der Waals surface area contributed by atoms with Crippen molar-refractivity contribution in [2.75, 3.05) is 21.3 Å². The van der Waals surface area contributed by atoms with Gasteiger partial charge in [0.05, 0.1) is 20.3 Å². The minimum absolute atomic E-state index is 0.0150. The van der Waals surface area contributed by atoms with Gasteiger partial charge in [-0.15, -0.1) is 0 Å². The number of phenols is 1. The summed E-state index contributed by atoms with van der Waals surface area (Å²) in [4.78, 5) is 4.24. The Bertz CT molecular complexity index is 755. The van der Waals surface area contributed by atoms with Crippen molar-refractivity contribution in [1.29, 1.82) is 0 Å². The van der Waals surface area contributed by atoms with Crippen LogP contribution in [-0.4, -0.2) is 32.3 Å². The summed E-state index contributed by atoms with van der Waals surface area (Å²) < 4.78 is 10.4. The van der Waals surface area contributed by atoms with Gasteiger partial charge in [-0.3, -0.25) is 4.99 Å². The summed E-state index contributed by atoms with van der Waals surface area (Å²) in [6, 6.07) is 11.2. The number of nitrogens with zero attached hydrogens (tertiary/aromatic N) is 1. The predicted octanol–water partition coefficient (Wildman–Crippen LogP) is 3.49. The molecule has 6 nitrogen and oxygen atoms in total. The zero-order valence-electron chi connectivity index (χ0n) is 15.3. The van der Waals surface area contributed by atoms with Crippen molar-refractivity contribution >= 4 is 17.6 Å². The minimum Gasteiger partial charge on any atom is -0.502 e. The van der Waals surface area contributed by atoms with Crippen LogP contribution in [0.1, 0.15) is 24.1 Å². The molecule has 0 spiro atoms. The van der Waals surface area contributed by atoms with E-state index in [0.29, 0.717) is 29.0 Å². The average molecular weight is 378 g/mol. The molecular weight excluding hydrogens is 354 g/mol. The van der Waals surface area contributed by atoms with Gasteiger partial charge in [0, 0.05) is 18.6 Å². The summed E-state index contributed by atoms with van der Waals surface area (Å²) in [5.41, 5.74) is 1.87. The Morgan fingerprint density at radius 1 is 1.19 bits per heavy atom. The van der Waals surface area contributed by atoms with Gasteiger partial charge in [-0.25, -0.2) is 0 Å². The molecule has 2 rings (SSSR count). The van der Waals surface area contributed by atoms with Crippen LogP contribution in [0.3, 0.4) is 0 Å². The van der Waals surface area contributed by atoms with Gasteiger partial charge in [0.25, 0.3) is 0 Å². The molecule has 0 radical (unpaired) electrons. The van der Waals surface area contributed by atoms with Gasteiger partial charge in [0.15, 0.2) is 17.5 Å². The predicted molar refractivity (Wildman–Crippen MR) is 104 cm³/mol. The third-order valence-electron chi connectivity index (χ3n) is 3.95. The van der Waals surface area contributed by atoms with Crippen molar-refractivity contribution in [2.24, 2.45) is 4.99 Å². The first-order chi connectivity index (χ1) is 12.5. The normalized spacial score (nSPS) is 12.4. The number of hydrogen-bond donors (Lipinski definition) is 3. The molecule has 0 saturated heterocycles. The summed E-state index contributed by atoms with van der Waals surface area (Å²) >= 11 is 6.25. The highest BCUT2D eigenvalue weighted by Crippen LogP contribution is 2.37. The van der Waals surface area contributed by atoms with Crippen LogP contribution in [0.4, 0.5) is 0 Å². The number of ether oxygens (including phenoxy) is 2. The molecule has 0 amide bonds. The lowest BCUT2D eigenvalue weighted by Gasteiger charge is -2.19. The van der Waals surface area contributed by atoms with E-state index in [1.165, 1.54) is 14.2 Å². The van der Waals surface area contributed by atoms with E-state index in [4.69, 9.17) is 21.1 Å². The van der Waals surface area contributed by atoms with Crippen molar-refractivity contribution in [3.63, 3.8) is 0 Å². The fraction of sp³-hybridized carbons (Fsp3) is 0.316. The first kappa shape index (κ1) is 19.7. The van der Waals surface area contributed by atoms with E-state index in [1.807, 2.05) is 31.2 Å². The van der Waals surface area contributed by atoms with Crippen molar-refractivity contribution in [3.05, 3.63) is 52.5 Å². The maximum Gasteiger partial charge on any atom is 0.200 e. The second kappa shape index (κ2) is 9.20. The molecule has 2 aromatic rings. The smallest absolute Gasteiger partial charge is 0.200 e. The number of halogens is 1. The Morgan fingerprint density at radius 3 is 2.35 bits per heavy atom. The highest BCUT2D eigenvalue weighted by molar-refractivity contribution is 6.31. The molecule has 0 aliphatic heterocycles. The molecule has 26 heavy (non-hydrogen) atoms. The number of rotatable bonds is 6. The molecule has 0 saturated carbocycles.